The van der Waals surface area contributed by atoms with Crippen LogP contribution < -0.4 is 17.2 Å². The van der Waals surface area contributed by atoms with Gasteiger partial charge in [0.15, 0.2) is 5.96 Å². The third kappa shape index (κ3) is 5.90. The quantitative estimate of drug-likeness (QED) is 0.235. The summed E-state index contributed by atoms with van der Waals surface area (Å²) in [7, 11) is 0. The molecule has 0 aromatic heterocycles. The van der Waals surface area contributed by atoms with Crippen LogP contribution in [-0.4, -0.2) is 30.6 Å². The van der Waals surface area contributed by atoms with E-state index < -0.39 is 11.5 Å². The van der Waals surface area contributed by atoms with Crippen LogP contribution in [0.5, 0.6) is 0 Å². The Morgan fingerprint density at radius 2 is 2.07 bits per heavy atom. The summed E-state index contributed by atoms with van der Waals surface area (Å²) in [4.78, 5) is 15.2. The van der Waals surface area contributed by atoms with E-state index in [2.05, 4.69) is 4.99 Å². The summed E-state index contributed by atoms with van der Waals surface area (Å²) in [6.45, 7) is 4.18. The average Bonchev–Trinajstić information content (AvgIpc) is 2.12. The number of carbonyl (C=O) groups is 1. The monoisotopic (exact) mass is 216 g/mol. The third-order valence-electron chi connectivity index (χ3n) is 1.89. The molecule has 0 radical (unpaired) electrons. The summed E-state index contributed by atoms with van der Waals surface area (Å²) >= 11 is 0. The molecule has 6 nitrogen and oxygen atoms in total. The molecule has 0 bridgehead atoms. The van der Waals surface area contributed by atoms with E-state index in [1.165, 1.54) is 0 Å². The van der Waals surface area contributed by atoms with E-state index in [1.807, 2.05) is 0 Å². The number of ether oxygens (including phenoxy) is 1. The molecule has 0 aromatic carbocycles. The fraction of sp³-hybridized carbons (Fsp3) is 0.778. The lowest BCUT2D eigenvalue weighted by Crippen LogP contribution is -2.46. The minimum absolute atomic E-state index is 0.0462. The first-order chi connectivity index (χ1) is 6.90. The van der Waals surface area contributed by atoms with Gasteiger partial charge in [-0.05, 0) is 26.7 Å². The van der Waals surface area contributed by atoms with Crippen LogP contribution in [0.15, 0.2) is 4.99 Å². The van der Waals surface area contributed by atoms with E-state index in [0.717, 1.165) is 0 Å². The standard InChI is InChI=1S/C9H20N4O2/c1-3-15-7(14)9(2,12)5-4-6-13-8(10)11/h3-6,12H2,1-2H3,(H4,10,11,13). The first-order valence-corrected chi connectivity index (χ1v) is 4.91. The van der Waals surface area contributed by atoms with Crippen LogP contribution in [0.2, 0.25) is 0 Å². The van der Waals surface area contributed by atoms with Crippen molar-refractivity contribution in [1.82, 2.24) is 0 Å². The Morgan fingerprint density at radius 3 is 2.53 bits per heavy atom. The van der Waals surface area contributed by atoms with Gasteiger partial charge in [-0.3, -0.25) is 9.79 Å². The molecule has 1 unspecified atom stereocenters. The number of nitrogens with zero attached hydrogens (tertiary/aromatic N) is 1. The molecule has 6 heteroatoms. The van der Waals surface area contributed by atoms with Crippen LogP contribution in [0.4, 0.5) is 0 Å². The Balaban J connectivity index is 3.93. The van der Waals surface area contributed by atoms with Crippen LogP contribution in [0, 0.1) is 0 Å². The minimum Gasteiger partial charge on any atom is -0.465 e. The topological polar surface area (TPSA) is 117 Å². The van der Waals surface area contributed by atoms with Crippen LogP contribution in [0.1, 0.15) is 26.7 Å². The molecule has 0 rings (SSSR count). The van der Waals surface area contributed by atoms with Crippen molar-refractivity contribution in [3.8, 4) is 0 Å². The summed E-state index contributed by atoms with van der Waals surface area (Å²) in [5, 5.41) is 0. The van der Waals surface area contributed by atoms with Gasteiger partial charge in [-0.1, -0.05) is 0 Å². The first-order valence-electron chi connectivity index (χ1n) is 4.91. The second-order valence-corrected chi connectivity index (χ2v) is 3.55. The SMILES string of the molecule is CCOC(=O)C(C)(N)CCCN=C(N)N. The average molecular weight is 216 g/mol. The molecule has 88 valence electrons. The van der Waals surface area contributed by atoms with E-state index >= 15 is 0 Å². The molecule has 0 amide bonds. The molecule has 0 aliphatic heterocycles. The van der Waals surface area contributed by atoms with E-state index in [1.54, 1.807) is 13.8 Å². The lowest BCUT2D eigenvalue weighted by molar-refractivity contribution is -0.149. The number of esters is 1. The maximum Gasteiger partial charge on any atom is 0.325 e. The Morgan fingerprint density at radius 1 is 1.47 bits per heavy atom. The molecular weight excluding hydrogens is 196 g/mol. The molecular formula is C9H20N4O2. The molecule has 6 N–H and O–H groups in total. The lowest BCUT2D eigenvalue weighted by Gasteiger charge is -2.21. The molecule has 0 fully saturated rings. The van der Waals surface area contributed by atoms with Gasteiger partial charge in [-0.25, -0.2) is 0 Å². The fourth-order valence-electron chi connectivity index (χ4n) is 1.05. The Bertz CT molecular complexity index is 234. The molecule has 0 aliphatic carbocycles. The maximum absolute atomic E-state index is 11.4. The molecule has 1 atom stereocenters. The highest BCUT2D eigenvalue weighted by atomic mass is 16.5. The number of rotatable bonds is 6. The van der Waals surface area contributed by atoms with Crippen molar-refractivity contribution in [2.75, 3.05) is 13.2 Å². The van der Waals surface area contributed by atoms with Crippen molar-refractivity contribution >= 4 is 11.9 Å². The van der Waals surface area contributed by atoms with E-state index in [0.29, 0.717) is 26.0 Å². The van der Waals surface area contributed by atoms with E-state index in [4.69, 9.17) is 21.9 Å². The van der Waals surface area contributed by atoms with Crippen molar-refractivity contribution in [2.24, 2.45) is 22.2 Å². The number of hydrogen-bond donors (Lipinski definition) is 3. The van der Waals surface area contributed by atoms with E-state index in [-0.39, 0.29) is 5.96 Å². The Hall–Kier alpha value is -1.30. The van der Waals surface area contributed by atoms with Crippen molar-refractivity contribution in [3.05, 3.63) is 0 Å². The van der Waals surface area contributed by atoms with Crippen molar-refractivity contribution in [1.29, 1.82) is 0 Å². The van der Waals surface area contributed by atoms with Gasteiger partial charge < -0.3 is 21.9 Å². The molecule has 0 saturated carbocycles. The predicted molar refractivity (Wildman–Crippen MR) is 59.1 cm³/mol. The number of hydrogen-bond acceptors (Lipinski definition) is 4. The Kier molecular flexibility index (Phi) is 5.69. The highest BCUT2D eigenvalue weighted by Gasteiger charge is 2.28. The number of guanidine groups is 1. The molecule has 15 heavy (non-hydrogen) atoms. The zero-order valence-electron chi connectivity index (χ0n) is 9.32. The van der Waals surface area contributed by atoms with Crippen LogP contribution in [0.3, 0.4) is 0 Å². The van der Waals surface area contributed by atoms with Crippen molar-refractivity contribution in [2.45, 2.75) is 32.2 Å². The largest absolute Gasteiger partial charge is 0.465 e. The third-order valence-corrected chi connectivity index (χ3v) is 1.89. The number of aliphatic imine (C=N–C) groups is 1. The molecule has 0 saturated heterocycles. The number of nitrogens with two attached hydrogens (primary N) is 3. The van der Waals surface area contributed by atoms with Gasteiger partial charge in [0, 0.05) is 6.54 Å². The maximum atomic E-state index is 11.4. The van der Waals surface area contributed by atoms with Crippen molar-refractivity contribution < 1.29 is 9.53 Å². The van der Waals surface area contributed by atoms with Gasteiger partial charge in [0.25, 0.3) is 0 Å². The van der Waals surface area contributed by atoms with Crippen LogP contribution in [0.25, 0.3) is 0 Å². The summed E-state index contributed by atoms with van der Waals surface area (Å²) in [5.41, 5.74) is 15.1. The molecule has 0 heterocycles. The fourth-order valence-corrected chi connectivity index (χ4v) is 1.05. The number of carbonyl (C=O) groups excluding carboxylic acids is 1. The predicted octanol–water partition coefficient (Wildman–Crippen LogP) is -0.679. The molecule has 0 aliphatic rings. The summed E-state index contributed by atoms with van der Waals surface area (Å²) in [6.07, 6.45) is 1.13. The zero-order valence-corrected chi connectivity index (χ0v) is 9.32. The normalized spacial score (nSPS) is 14.1. The highest BCUT2D eigenvalue weighted by molar-refractivity contribution is 5.80. The summed E-state index contributed by atoms with van der Waals surface area (Å²) in [5.74, 6) is -0.348. The summed E-state index contributed by atoms with van der Waals surface area (Å²) < 4.78 is 4.84. The van der Waals surface area contributed by atoms with Gasteiger partial charge in [-0.15, -0.1) is 0 Å². The second-order valence-electron chi connectivity index (χ2n) is 3.55. The van der Waals surface area contributed by atoms with Gasteiger partial charge in [-0.2, -0.15) is 0 Å². The molecule has 0 spiro atoms. The van der Waals surface area contributed by atoms with E-state index in [9.17, 15) is 4.79 Å². The lowest BCUT2D eigenvalue weighted by atomic mass is 9.97. The van der Waals surface area contributed by atoms with Gasteiger partial charge in [0.05, 0.1) is 6.61 Å². The van der Waals surface area contributed by atoms with Crippen LogP contribution in [-0.2, 0) is 9.53 Å². The first kappa shape index (κ1) is 13.7. The van der Waals surface area contributed by atoms with Gasteiger partial charge >= 0.3 is 5.97 Å². The van der Waals surface area contributed by atoms with Gasteiger partial charge in [0.2, 0.25) is 0 Å². The van der Waals surface area contributed by atoms with Crippen molar-refractivity contribution in [3.63, 3.8) is 0 Å². The Labute approximate surface area is 89.8 Å². The smallest absolute Gasteiger partial charge is 0.325 e. The summed E-state index contributed by atoms with van der Waals surface area (Å²) in [6, 6.07) is 0. The second kappa shape index (κ2) is 6.23. The highest BCUT2D eigenvalue weighted by Crippen LogP contribution is 2.11. The zero-order chi connectivity index (χ0) is 11.9. The minimum atomic E-state index is -0.963. The van der Waals surface area contributed by atoms with Crippen LogP contribution >= 0.6 is 0 Å². The molecule has 0 aromatic rings. The van der Waals surface area contributed by atoms with Gasteiger partial charge in [0.1, 0.15) is 5.54 Å².